The highest BCUT2D eigenvalue weighted by atomic mass is 16.2. The largest absolute Gasteiger partial charge is 0.337 e. The van der Waals surface area contributed by atoms with E-state index in [0.717, 1.165) is 31.8 Å². The van der Waals surface area contributed by atoms with Gasteiger partial charge < -0.3 is 10.6 Å². The third kappa shape index (κ3) is 3.60. The van der Waals surface area contributed by atoms with Gasteiger partial charge in [-0.25, -0.2) is 4.79 Å². The second-order valence-electron chi connectivity index (χ2n) is 7.02. The first-order valence-corrected chi connectivity index (χ1v) is 8.67. The molecule has 0 radical (unpaired) electrons. The zero-order chi connectivity index (χ0) is 14.7. The Morgan fingerprint density at radius 1 is 1.24 bits per heavy atom. The van der Waals surface area contributed by atoms with Gasteiger partial charge in [-0.05, 0) is 44.1 Å². The van der Waals surface area contributed by atoms with Gasteiger partial charge in [0, 0.05) is 25.2 Å². The Morgan fingerprint density at radius 2 is 2.05 bits per heavy atom. The van der Waals surface area contributed by atoms with E-state index < -0.39 is 0 Å². The van der Waals surface area contributed by atoms with Crippen LogP contribution in [0.15, 0.2) is 12.7 Å². The van der Waals surface area contributed by atoms with E-state index in [4.69, 9.17) is 0 Å². The fourth-order valence-corrected chi connectivity index (χ4v) is 4.35. The van der Waals surface area contributed by atoms with Crippen LogP contribution in [0.4, 0.5) is 4.79 Å². The minimum Gasteiger partial charge on any atom is -0.337 e. The molecule has 0 spiro atoms. The fraction of sp³-hybridized carbons (Fsp3) is 0.824. The molecular weight excluding hydrogens is 262 g/mol. The minimum atomic E-state index is 0.0322. The number of carbonyl (C=O) groups is 1. The molecular formula is C17H29N3O. The summed E-state index contributed by atoms with van der Waals surface area (Å²) in [7, 11) is 0. The van der Waals surface area contributed by atoms with Gasteiger partial charge in [0.1, 0.15) is 0 Å². The van der Waals surface area contributed by atoms with Gasteiger partial charge in [-0.2, -0.15) is 0 Å². The molecule has 2 bridgehead atoms. The standard InChI is InChI=1S/C17H29N3O/c1-2-13-12-20-9-8-14(13)10-16(20)11-18-17(21)19-15-6-4-3-5-7-15/h2,13-16H,1,3-12H2,(H2,18,19,21). The number of amides is 2. The third-order valence-electron chi connectivity index (χ3n) is 5.67. The molecule has 1 aliphatic carbocycles. The second kappa shape index (κ2) is 6.82. The molecule has 3 aliphatic heterocycles. The molecule has 1 saturated carbocycles. The highest BCUT2D eigenvalue weighted by Gasteiger charge is 2.38. The highest BCUT2D eigenvalue weighted by molar-refractivity contribution is 5.74. The van der Waals surface area contributed by atoms with Crippen molar-refractivity contribution in [1.29, 1.82) is 0 Å². The Labute approximate surface area is 128 Å². The molecule has 2 amide bonds. The lowest BCUT2D eigenvalue weighted by atomic mass is 9.75. The lowest BCUT2D eigenvalue weighted by Crippen LogP contribution is -2.57. The summed E-state index contributed by atoms with van der Waals surface area (Å²) in [6.07, 6.45) is 10.7. The first-order chi connectivity index (χ1) is 10.3. The summed E-state index contributed by atoms with van der Waals surface area (Å²) in [5.74, 6) is 1.44. The average molecular weight is 291 g/mol. The zero-order valence-corrected chi connectivity index (χ0v) is 13.0. The van der Waals surface area contributed by atoms with Gasteiger partial charge >= 0.3 is 6.03 Å². The predicted molar refractivity (Wildman–Crippen MR) is 85.2 cm³/mol. The van der Waals surface area contributed by atoms with Gasteiger partial charge in [-0.3, -0.25) is 4.90 Å². The first-order valence-electron chi connectivity index (χ1n) is 8.67. The van der Waals surface area contributed by atoms with Crippen LogP contribution in [0.2, 0.25) is 0 Å². The monoisotopic (exact) mass is 291 g/mol. The molecule has 4 unspecified atom stereocenters. The van der Waals surface area contributed by atoms with Crippen LogP contribution >= 0.6 is 0 Å². The number of hydrogen-bond acceptors (Lipinski definition) is 2. The maximum absolute atomic E-state index is 12.0. The van der Waals surface area contributed by atoms with Gasteiger partial charge in [0.15, 0.2) is 0 Å². The topological polar surface area (TPSA) is 44.4 Å². The second-order valence-corrected chi connectivity index (χ2v) is 7.02. The Bertz CT molecular complexity index is 378. The van der Waals surface area contributed by atoms with E-state index in [0.29, 0.717) is 18.0 Å². The predicted octanol–water partition coefficient (Wildman–Crippen LogP) is 2.51. The summed E-state index contributed by atoms with van der Waals surface area (Å²) in [6, 6.07) is 0.953. The van der Waals surface area contributed by atoms with Gasteiger partial charge in [-0.15, -0.1) is 6.58 Å². The molecule has 21 heavy (non-hydrogen) atoms. The van der Waals surface area contributed by atoms with Crippen LogP contribution in [-0.4, -0.2) is 42.6 Å². The quantitative estimate of drug-likeness (QED) is 0.782. The number of fused-ring (bicyclic) bond motifs is 3. The van der Waals surface area contributed by atoms with E-state index in [1.165, 1.54) is 38.6 Å². The Kier molecular flexibility index (Phi) is 4.84. The number of nitrogens with zero attached hydrogens (tertiary/aromatic N) is 1. The molecule has 3 saturated heterocycles. The Balaban J connectivity index is 1.41. The molecule has 4 aliphatic rings. The molecule has 0 aromatic heterocycles. The molecule has 118 valence electrons. The number of nitrogens with one attached hydrogen (secondary N) is 2. The first kappa shape index (κ1) is 14.9. The van der Waals surface area contributed by atoms with Crippen LogP contribution in [0, 0.1) is 11.8 Å². The van der Waals surface area contributed by atoms with Crippen LogP contribution in [0.3, 0.4) is 0 Å². The normalized spacial score (nSPS) is 36.2. The maximum Gasteiger partial charge on any atom is 0.315 e. The average Bonchev–Trinajstić information content (AvgIpc) is 2.54. The van der Waals surface area contributed by atoms with Crippen molar-refractivity contribution in [3.8, 4) is 0 Å². The van der Waals surface area contributed by atoms with Crippen LogP contribution in [0.5, 0.6) is 0 Å². The van der Waals surface area contributed by atoms with Crippen molar-refractivity contribution in [2.75, 3.05) is 19.6 Å². The van der Waals surface area contributed by atoms with E-state index in [1.54, 1.807) is 0 Å². The van der Waals surface area contributed by atoms with E-state index in [-0.39, 0.29) is 6.03 Å². The number of hydrogen-bond donors (Lipinski definition) is 2. The van der Waals surface area contributed by atoms with E-state index in [9.17, 15) is 4.79 Å². The van der Waals surface area contributed by atoms with Gasteiger partial charge in [0.2, 0.25) is 0 Å². The van der Waals surface area contributed by atoms with E-state index >= 15 is 0 Å². The summed E-state index contributed by atoms with van der Waals surface area (Å²) in [5.41, 5.74) is 0. The van der Waals surface area contributed by atoms with Crippen LogP contribution in [0.25, 0.3) is 0 Å². The fourth-order valence-electron chi connectivity index (χ4n) is 4.35. The molecule has 2 N–H and O–H groups in total. The number of rotatable bonds is 4. The molecule has 4 fully saturated rings. The van der Waals surface area contributed by atoms with Crippen molar-refractivity contribution in [2.45, 2.75) is 57.0 Å². The molecule has 4 atom stereocenters. The van der Waals surface area contributed by atoms with Crippen molar-refractivity contribution < 1.29 is 4.79 Å². The summed E-state index contributed by atoms with van der Waals surface area (Å²) in [5, 5.41) is 6.24. The Hall–Kier alpha value is -1.03. The lowest BCUT2D eigenvalue weighted by Gasteiger charge is -2.49. The molecule has 0 aromatic rings. The summed E-state index contributed by atoms with van der Waals surface area (Å²) >= 11 is 0. The zero-order valence-electron chi connectivity index (χ0n) is 13.0. The van der Waals surface area contributed by atoms with Crippen molar-refractivity contribution in [1.82, 2.24) is 15.5 Å². The minimum absolute atomic E-state index is 0.0322. The molecule has 3 heterocycles. The van der Waals surface area contributed by atoms with Crippen molar-refractivity contribution >= 4 is 6.03 Å². The van der Waals surface area contributed by atoms with Gasteiger partial charge in [0.25, 0.3) is 0 Å². The third-order valence-corrected chi connectivity index (χ3v) is 5.67. The van der Waals surface area contributed by atoms with Crippen molar-refractivity contribution in [3.05, 3.63) is 12.7 Å². The number of piperidine rings is 3. The summed E-state index contributed by atoms with van der Waals surface area (Å²) in [4.78, 5) is 14.6. The van der Waals surface area contributed by atoms with Crippen LogP contribution < -0.4 is 10.6 Å². The molecule has 4 rings (SSSR count). The molecule has 4 nitrogen and oxygen atoms in total. The van der Waals surface area contributed by atoms with Crippen LogP contribution in [-0.2, 0) is 0 Å². The smallest absolute Gasteiger partial charge is 0.315 e. The van der Waals surface area contributed by atoms with Gasteiger partial charge in [0.05, 0.1) is 0 Å². The maximum atomic E-state index is 12.0. The van der Waals surface area contributed by atoms with Gasteiger partial charge in [-0.1, -0.05) is 25.3 Å². The summed E-state index contributed by atoms with van der Waals surface area (Å²) in [6.45, 7) is 7.07. The van der Waals surface area contributed by atoms with Crippen molar-refractivity contribution in [2.24, 2.45) is 11.8 Å². The number of carbonyl (C=O) groups excluding carboxylic acids is 1. The van der Waals surface area contributed by atoms with E-state index in [1.807, 2.05) is 0 Å². The SMILES string of the molecule is C=CC1CN2CCC1CC2CNC(=O)NC1CCCCC1. The molecule has 0 aromatic carbocycles. The molecule has 4 heteroatoms. The summed E-state index contributed by atoms with van der Waals surface area (Å²) < 4.78 is 0. The Morgan fingerprint density at radius 3 is 2.71 bits per heavy atom. The highest BCUT2D eigenvalue weighted by Crippen LogP contribution is 2.36. The van der Waals surface area contributed by atoms with Crippen molar-refractivity contribution in [3.63, 3.8) is 0 Å². The number of urea groups is 1. The lowest BCUT2D eigenvalue weighted by molar-refractivity contribution is 0.0207. The van der Waals surface area contributed by atoms with E-state index in [2.05, 4.69) is 28.2 Å². The van der Waals surface area contributed by atoms with Crippen LogP contribution in [0.1, 0.15) is 44.9 Å².